The molecule has 2 rings (SSSR count). The van der Waals surface area contributed by atoms with E-state index in [0.717, 1.165) is 13.0 Å². The average molecular weight is 312 g/mol. The molecular formula is C16H16ClF2NO. The van der Waals surface area contributed by atoms with E-state index in [2.05, 4.69) is 5.32 Å². The number of hydrogen-bond donors (Lipinski definition) is 1. The largest absolute Gasteiger partial charge is 0.457 e. The molecule has 0 fully saturated rings. The van der Waals surface area contributed by atoms with Gasteiger partial charge in [-0.15, -0.1) is 0 Å². The first-order chi connectivity index (χ1) is 10.1. The van der Waals surface area contributed by atoms with E-state index < -0.39 is 5.82 Å². The summed E-state index contributed by atoms with van der Waals surface area (Å²) in [5.41, 5.74) is 0.679. The van der Waals surface area contributed by atoms with Gasteiger partial charge in [0.1, 0.15) is 23.1 Å². The van der Waals surface area contributed by atoms with Crippen LogP contribution in [0, 0.1) is 11.6 Å². The Kier molecular flexibility index (Phi) is 5.53. The molecule has 5 heteroatoms. The quantitative estimate of drug-likeness (QED) is 0.765. The zero-order valence-corrected chi connectivity index (χ0v) is 12.4. The van der Waals surface area contributed by atoms with Crippen LogP contribution in [0.5, 0.6) is 11.5 Å². The molecule has 2 aromatic carbocycles. The minimum Gasteiger partial charge on any atom is -0.457 e. The molecule has 0 aliphatic rings. The molecule has 0 amide bonds. The number of nitrogens with one attached hydrogen (secondary N) is 1. The highest BCUT2D eigenvalue weighted by Gasteiger charge is 2.08. The molecule has 21 heavy (non-hydrogen) atoms. The summed E-state index contributed by atoms with van der Waals surface area (Å²) in [6, 6.07) is 8.44. The van der Waals surface area contributed by atoms with Crippen LogP contribution in [0.25, 0.3) is 0 Å². The van der Waals surface area contributed by atoms with E-state index in [1.807, 2.05) is 6.92 Å². The van der Waals surface area contributed by atoms with Gasteiger partial charge in [0.25, 0.3) is 0 Å². The second-order valence-electron chi connectivity index (χ2n) is 4.61. The van der Waals surface area contributed by atoms with Crippen LogP contribution in [-0.2, 0) is 6.54 Å². The van der Waals surface area contributed by atoms with Gasteiger partial charge in [-0.05, 0) is 43.3 Å². The van der Waals surface area contributed by atoms with Crippen LogP contribution >= 0.6 is 11.6 Å². The van der Waals surface area contributed by atoms with Gasteiger partial charge in [-0.1, -0.05) is 18.5 Å². The third-order valence-corrected chi connectivity index (χ3v) is 3.19. The van der Waals surface area contributed by atoms with Gasteiger partial charge >= 0.3 is 0 Å². The van der Waals surface area contributed by atoms with E-state index in [-0.39, 0.29) is 10.8 Å². The molecule has 112 valence electrons. The van der Waals surface area contributed by atoms with Crippen LogP contribution in [-0.4, -0.2) is 6.54 Å². The summed E-state index contributed by atoms with van der Waals surface area (Å²) in [6.45, 7) is 3.36. The zero-order chi connectivity index (χ0) is 15.2. The van der Waals surface area contributed by atoms with Crippen molar-refractivity contribution < 1.29 is 13.5 Å². The lowest BCUT2D eigenvalue weighted by Crippen LogP contribution is -2.14. The van der Waals surface area contributed by atoms with Gasteiger partial charge < -0.3 is 10.1 Å². The third kappa shape index (κ3) is 4.41. The van der Waals surface area contributed by atoms with Crippen molar-refractivity contribution in [2.45, 2.75) is 19.9 Å². The summed E-state index contributed by atoms with van der Waals surface area (Å²) in [5.74, 6) is -0.0816. The Hall–Kier alpha value is -1.65. The van der Waals surface area contributed by atoms with Gasteiger partial charge in [-0.2, -0.15) is 0 Å². The number of hydrogen-bond acceptors (Lipinski definition) is 2. The number of ether oxygens (including phenoxy) is 1. The molecule has 0 saturated carbocycles. The standard InChI is InChI=1S/C16H16ClF2NO/c1-2-7-20-10-11-8-12(18)3-6-16(11)21-13-4-5-14(17)15(19)9-13/h3-6,8-9,20H,2,7,10H2,1H3. The highest BCUT2D eigenvalue weighted by molar-refractivity contribution is 6.30. The smallest absolute Gasteiger partial charge is 0.145 e. The molecule has 0 heterocycles. The molecule has 2 nitrogen and oxygen atoms in total. The summed E-state index contributed by atoms with van der Waals surface area (Å²) in [6.07, 6.45) is 0.980. The first kappa shape index (κ1) is 15.7. The molecule has 0 atom stereocenters. The topological polar surface area (TPSA) is 21.3 Å². The lowest BCUT2D eigenvalue weighted by atomic mass is 10.2. The molecule has 0 aliphatic heterocycles. The summed E-state index contributed by atoms with van der Waals surface area (Å²) < 4.78 is 32.4. The molecule has 1 N–H and O–H groups in total. The van der Waals surface area contributed by atoms with E-state index in [1.165, 1.54) is 30.3 Å². The lowest BCUT2D eigenvalue weighted by Gasteiger charge is -2.12. The maximum atomic E-state index is 13.4. The van der Waals surface area contributed by atoms with Crippen molar-refractivity contribution >= 4 is 11.6 Å². The Morgan fingerprint density at radius 3 is 2.67 bits per heavy atom. The summed E-state index contributed by atoms with van der Waals surface area (Å²) >= 11 is 5.63. The first-order valence-corrected chi connectivity index (χ1v) is 7.10. The van der Waals surface area contributed by atoms with Crippen LogP contribution in [0.1, 0.15) is 18.9 Å². The maximum Gasteiger partial charge on any atom is 0.145 e. The van der Waals surface area contributed by atoms with Crippen LogP contribution in [0.15, 0.2) is 36.4 Å². The summed E-state index contributed by atoms with van der Waals surface area (Å²) in [5, 5.41) is 3.22. The minimum absolute atomic E-state index is 0.0336. The van der Waals surface area contributed by atoms with Crippen molar-refractivity contribution in [3.8, 4) is 11.5 Å². The fourth-order valence-corrected chi connectivity index (χ4v) is 1.97. The van der Waals surface area contributed by atoms with Crippen molar-refractivity contribution in [1.82, 2.24) is 5.32 Å². The van der Waals surface area contributed by atoms with Gasteiger partial charge in [0, 0.05) is 18.2 Å². The van der Waals surface area contributed by atoms with Crippen molar-refractivity contribution in [3.63, 3.8) is 0 Å². The van der Waals surface area contributed by atoms with Gasteiger partial charge in [-0.3, -0.25) is 0 Å². The van der Waals surface area contributed by atoms with E-state index in [1.54, 1.807) is 6.07 Å². The summed E-state index contributed by atoms with van der Waals surface area (Å²) in [7, 11) is 0. The Morgan fingerprint density at radius 1 is 1.14 bits per heavy atom. The van der Waals surface area contributed by atoms with Gasteiger partial charge in [0.2, 0.25) is 0 Å². The molecule has 0 aromatic heterocycles. The van der Waals surface area contributed by atoms with Crippen molar-refractivity contribution in [3.05, 3.63) is 58.6 Å². The van der Waals surface area contributed by atoms with Crippen LogP contribution in [0.3, 0.4) is 0 Å². The van der Waals surface area contributed by atoms with E-state index in [9.17, 15) is 8.78 Å². The highest BCUT2D eigenvalue weighted by atomic mass is 35.5. The lowest BCUT2D eigenvalue weighted by molar-refractivity contribution is 0.465. The van der Waals surface area contributed by atoms with Crippen molar-refractivity contribution in [2.24, 2.45) is 0 Å². The molecular weight excluding hydrogens is 296 g/mol. The molecule has 0 radical (unpaired) electrons. The SMILES string of the molecule is CCCNCc1cc(F)ccc1Oc1ccc(Cl)c(F)c1. The Labute approximate surface area is 127 Å². The van der Waals surface area contributed by atoms with E-state index in [0.29, 0.717) is 23.6 Å². The normalized spacial score (nSPS) is 10.7. The second-order valence-corrected chi connectivity index (χ2v) is 5.01. The molecule has 0 spiro atoms. The Morgan fingerprint density at radius 2 is 1.95 bits per heavy atom. The van der Waals surface area contributed by atoms with Crippen molar-refractivity contribution in [2.75, 3.05) is 6.54 Å². The Balaban J connectivity index is 2.19. The molecule has 0 bridgehead atoms. The highest BCUT2D eigenvalue weighted by Crippen LogP contribution is 2.28. The number of rotatable bonds is 6. The summed E-state index contributed by atoms with van der Waals surface area (Å²) in [4.78, 5) is 0. The van der Waals surface area contributed by atoms with Crippen LogP contribution in [0.4, 0.5) is 8.78 Å². The van der Waals surface area contributed by atoms with Gasteiger partial charge in [-0.25, -0.2) is 8.78 Å². The predicted molar refractivity (Wildman–Crippen MR) is 79.9 cm³/mol. The third-order valence-electron chi connectivity index (χ3n) is 2.88. The Bertz CT molecular complexity index is 619. The van der Waals surface area contributed by atoms with E-state index in [4.69, 9.17) is 16.3 Å². The number of halogens is 3. The molecule has 0 saturated heterocycles. The first-order valence-electron chi connectivity index (χ1n) is 6.72. The molecule has 0 unspecified atom stereocenters. The van der Waals surface area contributed by atoms with E-state index >= 15 is 0 Å². The second kappa shape index (κ2) is 7.38. The zero-order valence-electron chi connectivity index (χ0n) is 11.6. The van der Waals surface area contributed by atoms with Crippen molar-refractivity contribution in [1.29, 1.82) is 0 Å². The van der Waals surface area contributed by atoms with Crippen LogP contribution in [0.2, 0.25) is 5.02 Å². The maximum absolute atomic E-state index is 13.4. The molecule has 0 aliphatic carbocycles. The minimum atomic E-state index is -0.554. The number of benzene rings is 2. The average Bonchev–Trinajstić information content (AvgIpc) is 2.46. The molecule has 2 aromatic rings. The fraction of sp³-hybridized carbons (Fsp3) is 0.250. The predicted octanol–water partition coefficient (Wildman–Crippen LogP) is 4.91. The fourth-order valence-electron chi connectivity index (χ4n) is 1.85. The van der Waals surface area contributed by atoms with Crippen LogP contribution < -0.4 is 10.1 Å². The van der Waals surface area contributed by atoms with Gasteiger partial charge in [0.15, 0.2) is 0 Å². The monoisotopic (exact) mass is 311 g/mol. The van der Waals surface area contributed by atoms with Gasteiger partial charge in [0.05, 0.1) is 5.02 Å².